The first-order valence-corrected chi connectivity index (χ1v) is 16.5. The maximum absolute atomic E-state index is 14.8. The number of sulfone groups is 1. The lowest BCUT2D eigenvalue weighted by Crippen LogP contribution is -2.34. The molecule has 15 heteroatoms. The molecule has 0 bridgehead atoms. The fraction of sp³-hybridized carbons (Fsp3) is 0.367. The number of benzene rings is 2. The quantitative estimate of drug-likeness (QED) is 0.231. The van der Waals surface area contributed by atoms with Crippen LogP contribution in [0.5, 0.6) is 11.5 Å². The van der Waals surface area contributed by atoms with Crippen LogP contribution in [0.2, 0.25) is 5.02 Å². The van der Waals surface area contributed by atoms with E-state index in [0.29, 0.717) is 42.4 Å². The summed E-state index contributed by atoms with van der Waals surface area (Å²) in [6.07, 6.45) is -0.763. The Labute approximate surface area is 261 Å². The second-order valence-electron chi connectivity index (χ2n) is 11.4. The van der Waals surface area contributed by atoms with Crippen LogP contribution in [0.25, 0.3) is 11.4 Å². The molecule has 4 aromatic rings. The van der Waals surface area contributed by atoms with Crippen LogP contribution in [0.1, 0.15) is 53.9 Å². The van der Waals surface area contributed by atoms with Crippen LogP contribution in [0.15, 0.2) is 48.7 Å². The number of nitrogens with one attached hydrogen (secondary N) is 1. The number of hydrogen-bond acceptors (Lipinski definition) is 8. The Morgan fingerprint density at radius 2 is 1.89 bits per heavy atom. The molecule has 238 valence electrons. The Morgan fingerprint density at radius 1 is 1.13 bits per heavy atom. The number of ether oxygens (including phenoxy) is 2. The number of aromatic nitrogens is 4. The molecule has 1 saturated heterocycles. The van der Waals surface area contributed by atoms with Crippen molar-refractivity contribution >= 4 is 21.4 Å². The summed E-state index contributed by atoms with van der Waals surface area (Å²) in [7, 11) is -3.49. The number of halogens is 5. The lowest BCUT2D eigenvalue weighted by molar-refractivity contribution is -0.144. The number of alkyl halides is 3. The first kappa shape index (κ1) is 31.2. The van der Waals surface area contributed by atoms with Crippen molar-refractivity contribution in [3.8, 4) is 22.9 Å². The van der Waals surface area contributed by atoms with Crippen LogP contribution in [0, 0.1) is 5.82 Å². The molecule has 0 unspecified atom stereocenters. The average Bonchev–Trinajstić information content (AvgIpc) is 3.59. The topological polar surface area (TPSA) is 110 Å². The second-order valence-corrected chi connectivity index (χ2v) is 14.0. The van der Waals surface area contributed by atoms with E-state index in [1.807, 2.05) is 17.2 Å². The molecule has 1 N–H and O–H groups in total. The molecule has 0 spiro atoms. The van der Waals surface area contributed by atoms with Crippen LogP contribution in [0.3, 0.4) is 0 Å². The molecule has 2 aromatic heterocycles. The number of nitrogens with zero attached hydrogens (tertiary/aromatic N) is 4. The van der Waals surface area contributed by atoms with Gasteiger partial charge in [0.1, 0.15) is 5.82 Å². The fourth-order valence-electron chi connectivity index (χ4n) is 5.78. The summed E-state index contributed by atoms with van der Waals surface area (Å²) in [5, 5.41) is 5.77. The first-order chi connectivity index (χ1) is 21.2. The third-order valence-corrected chi connectivity index (χ3v) is 8.99. The summed E-state index contributed by atoms with van der Waals surface area (Å²) < 4.78 is 90.6. The highest BCUT2D eigenvalue weighted by Gasteiger charge is 2.43. The Bertz CT molecular complexity index is 1860. The zero-order chi connectivity index (χ0) is 32.1. The van der Waals surface area contributed by atoms with Gasteiger partial charge in [-0.3, -0.25) is 15.0 Å². The molecule has 45 heavy (non-hydrogen) atoms. The molecule has 6 rings (SSSR count). The second kappa shape index (κ2) is 11.6. The monoisotopic (exact) mass is 665 g/mol. The van der Waals surface area contributed by atoms with Gasteiger partial charge in [0.25, 0.3) is 5.79 Å². The van der Waals surface area contributed by atoms with E-state index >= 15 is 0 Å². The molecule has 1 atom stereocenters. The molecular formula is C30H28ClF4N5O4S. The van der Waals surface area contributed by atoms with Gasteiger partial charge in [0.15, 0.2) is 27.2 Å². The largest absolute Gasteiger partial charge is 0.451 e. The van der Waals surface area contributed by atoms with Gasteiger partial charge in [-0.15, -0.1) is 0 Å². The maximum atomic E-state index is 14.8. The minimum absolute atomic E-state index is 0.122. The van der Waals surface area contributed by atoms with Crippen molar-refractivity contribution in [3.63, 3.8) is 0 Å². The fourth-order valence-corrected chi connectivity index (χ4v) is 6.75. The molecule has 9 nitrogen and oxygen atoms in total. The van der Waals surface area contributed by atoms with E-state index in [1.54, 1.807) is 25.1 Å². The van der Waals surface area contributed by atoms with E-state index in [4.69, 9.17) is 21.1 Å². The van der Waals surface area contributed by atoms with Gasteiger partial charge in [0.2, 0.25) is 5.82 Å². The smallest absolute Gasteiger partial charge is 0.444 e. The molecule has 4 heterocycles. The zero-order valence-electron chi connectivity index (χ0n) is 24.2. The average molecular weight is 666 g/mol. The van der Waals surface area contributed by atoms with Crippen molar-refractivity contribution in [3.05, 3.63) is 87.7 Å². The van der Waals surface area contributed by atoms with E-state index in [1.165, 1.54) is 18.3 Å². The molecule has 0 aliphatic carbocycles. The van der Waals surface area contributed by atoms with Crippen molar-refractivity contribution in [2.45, 2.75) is 49.9 Å². The molecule has 2 aromatic carbocycles. The highest BCUT2D eigenvalue weighted by atomic mass is 35.5. The van der Waals surface area contributed by atoms with Gasteiger partial charge in [0, 0.05) is 42.1 Å². The third-order valence-electron chi connectivity index (χ3n) is 7.92. The Morgan fingerprint density at radius 3 is 2.56 bits per heavy atom. The summed E-state index contributed by atoms with van der Waals surface area (Å²) >= 11 is 5.93. The van der Waals surface area contributed by atoms with Gasteiger partial charge in [-0.2, -0.15) is 18.3 Å². The highest BCUT2D eigenvalue weighted by molar-refractivity contribution is 7.89. The summed E-state index contributed by atoms with van der Waals surface area (Å²) in [6, 6.07) is 11.5. The highest BCUT2D eigenvalue weighted by Crippen LogP contribution is 2.50. The van der Waals surface area contributed by atoms with E-state index < -0.39 is 33.4 Å². The molecular weight excluding hydrogens is 638 g/mol. The zero-order valence-corrected chi connectivity index (χ0v) is 25.7. The normalized spacial score (nSPS) is 19.3. The van der Waals surface area contributed by atoms with Gasteiger partial charge in [0.05, 0.1) is 17.0 Å². The van der Waals surface area contributed by atoms with Gasteiger partial charge < -0.3 is 9.47 Å². The Hall–Kier alpha value is -3.75. The van der Waals surface area contributed by atoms with E-state index in [-0.39, 0.29) is 33.6 Å². The summed E-state index contributed by atoms with van der Waals surface area (Å²) in [5.41, 5.74) is 2.24. The number of H-pyrrole nitrogens is 1. The number of aromatic amines is 1. The van der Waals surface area contributed by atoms with Crippen LogP contribution in [0.4, 0.5) is 17.6 Å². The minimum Gasteiger partial charge on any atom is -0.444 e. The number of rotatable bonds is 7. The van der Waals surface area contributed by atoms with Crippen LogP contribution < -0.4 is 9.47 Å². The van der Waals surface area contributed by atoms with E-state index in [0.717, 1.165) is 24.7 Å². The van der Waals surface area contributed by atoms with Crippen LogP contribution >= 0.6 is 11.6 Å². The molecule has 2 aliphatic rings. The van der Waals surface area contributed by atoms with Crippen LogP contribution in [-0.4, -0.2) is 52.8 Å². The summed E-state index contributed by atoms with van der Waals surface area (Å²) in [5.74, 6) is -2.49. The summed E-state index contributed by atoms with van der Waals surface area (Å²) in [6.45, 7) is 3.33. The Kier molecular flexibility index (Phi) is 8.02. The molecule has 0 saturated carbocycles. The Balaban J connectivity index is 1.17. The number of pyridine rings is 1. The van der Waals surface area contributed by atoms with Crippen LogP contribution in [-0.2, 0) is 34.1 Å². The van der Waals surface area contributed by atoms with Crippen molar-refractivity contribution in [1.82, 2.24) is 25.1 Å². The third kappa shape index (κ3) is 6.63. The van der Waals surface area contributed by atoms with E-state index in [2.05, 4.69) is 20.0 Å². The lowest BCUT2D eigenvalue weighted by Gasteiger charge is -2.33. The van der Waals surface area contributed by atoms with Gasteiger partial charge >= 0.3 is 6.18 Å². The molecule has 0 radical (unpaired) electrons. The number of likely N-dealkylation sites (tertiary alicyclic amines) is 1. The SMILES string of the molecule is C[C@]1(c2ccc(Cl)cc2F)Oc2cccc(C3CCN(Cc4ncc(-c5n[nH]c(C(F)(F)F)n5)cc4CS(C)(=O)=O)CC3)c2O1. The van der Waals surface area contributed by atoms with E-state index in [9.17, 15) is 26.0 Å². The lowest BCUT2D eigenvalue weighted by atomic mass is 9.88. The number of para-hydroxylation sites is 1. The molecule has 2 aliphatic heterocycles. The first-order valence-electron chi connectivity index (χ1n) is 14.0. The molecule has 0 amide bonds. The van der Waals surface area contributed by atoms with Gasteiger partial charge in [-0.05, 0) is 67.7 Å². The number of hydrogen-bond donors (Lipinski definition) is 1. The predicted molar refractivity (Wildman–Crippen MR) is 157 cm³/mol. The van der Waals surface area contributed by atoms with Crippen molar-refractivity contribution in [2.75, 3.05) is 19.3 Å². The summed E-state index contributed by atoms with van der Waals surface area (Å²) in [4.78, 5) is 10.1. The maximum Gasteiger partial charge on any atom is 0.451 e. The van der Waals surface area contributed by atoms with Crippen molar-refractivity contribution in [2.24, 2.45) is 0 Å². The van der Waals surface area contributed by atoms with Crippen molar-refractivity contribution < 1.29 is 35.5 Å². The van der Waals surface area contributed by atoms with Crippen molar-refractivity contribution in [1.29, 1.82) is 0 Å². The van der Waals surface area contributed by atoms with Gasteiger partial charge in [-0.25, -0.2) is 17.8 Å². The standard InChI is InChI=1S/C30H28ClF4N5O4S/c1-29(22-7-6-20(31)13-23(22)32)43-25-5-3-4-21(26(25)44-29)17-8-10-40(11-9-17)15-24-19(16-45(2,41)42)12-18(14-36-24)27-37-28(39-38-27)30(33,34)35/h3-7,12-14,17H,8-11,15-16H2,1-2H3,(H,37,38,39)/t29-/m0/s1. The molecule has 1 fully saturated rings. The number of piperidine rings is 1. The number of fused-ring (bicyclic) bond motifs is 1. The minimum atomic E-state index is -4.70. The van der Waals surface area contributed by atoms with Gasteiger partial charge in [-0.1, -0.05) is 23.7 Å². The predicted octanol–water partition coefficient (Wildman–Crippen LogP) is 6.25.